The minimum Gasteiger partial charge on any atom is -0.494 e. The van der Waals surface area contributed by atoms with Crippen molar-refractivity contribution in [1.82, 2.24) is 19.2 Å². The average molecular weight is 500 g/mol. The molecule has 4 aromatic rings. The van der Waals surface area contributed by atoms with Gasteiger partial charge in [0.25, 0.3) is 5.69 Å². The fourth-order valence-electron chi connectivity index (χ4n) is 4.78. The number of pyridine rings is 1. The number of carbonyl (C=O) groups excluding carboxylic acids is 1. The number of nitrogens with zero attached hydrogens (tertiary/aromatic N) is 5. The molecule has 2 aromatic carbocycles. The largest absolute Gasteiger partial charge is 0.494 e. The van der Waals surface area contributed by atoms with Gasteiger partial charge in [-0.15, -0.1) is 0 Å². The second-order valence-corrected chi connectivity index (χ2v) is 9.10. The molecule has 0 radical (unpaired) electrons. The summed E-state index contributed by atoms with van der Waals surface area (Å²) in [5, 5.41) is 11.4. The van der Waals surface area contributed by atoms with Crippen LogP contribution in [0.15, 0.2) is 66.9 Å². The van der Waals surface area contributed by atoms with Gasteiger partial charge in [-0.3, -0.25) is 19.8 Å². The van der Waals surface area contributed by atoms with Gasteiger partial charge in [-0.05, 0) is 42.3 Å². The van der Waals surface area contributed by atoms with Crippen LogP contribution in [0.5, 0.6) is 5.75 Å². The van der Waals surface area contributed by atoms with Crippen molar-refractivity contribution in [2.75, 3.05) is 32.8 Å². The van der Waals surface area contributed by atoms with Crippen LogP contribution >= 0.6 is 0 Å². The Hall–Kier alpha value is -4.24. The zero-order chi connectivity index (χ0) is 25.9. The zero-order valence-electron chi connectivity index (χ0n) is 21.0. The highest BCUT2D eigenvalue weighted by Crippen LogP contribution is 2.31. The van der Waals surface area contributed by atoms with Gasteiger partial charge >= 0.3 is 0 Å². The number of ether oxygens (including phenoxy) is 1. The molecule has 1 aliphatic heterocycles. The third-order valence-corrected chi connectivity index (χ3v) is 6.72. The van der Waals surface area contributed by atoms with E-state index in [-0.39, 0.29) is 16.5 Å². The van der Waals surface area contributed by atoms with Crippen molar-refractivity contribution in [3.63, 3.8) is 0 Å². The van der Waals surface area contributed by atoms with Crippen molar-refractivity contribution in [2.24, 2.45) is 0 Å². The highest BCUT2D eigenvalue weighted by molar-refractivity contribution is 5.73. The standard InChI is InChI=1S/C28H29N5O4/c1-3-37-25-9-5-6-21(17-25)23-10-11-27-29-28(22-7-4-8-24(16-22)33(35)36)26(32(27)18-23)19-30-12-14-31(15-13-30)20(2)34/h4-11,16-18H,3,12-15,19H2,1-2H3. The summed E-state index contributed by atoms with van der Waals surface area (Å²) in [6.45, 7) is 7.60. The number of nitro benzene ring substituents is 1. The van der Waals surface area contributed by atoms with E-state index in [1.807, 2.05) is 54.3 Å². The predicted octanol–water partition coefficient (Wildman–Crippen LogP) is 4.64. The van der Waals surface area contributed by atoms with E-state index in [0.29, 0.717) is 31.8 Å². The maximum atomic E-state index is 11.8. The normalized spacial score (nSPS) is 14.2. The Balaban J connectivity index is 1.58. The molecule has 0 unspecified atom stereocenters. The number of nitro groups is 1. The number of imidazole rings is 1. The summed E-state index contributed by atoms with van der Waals surface area (Å²) < 4.78 is 7.77. The Labute approximate surface area is 215 Å². The molecule has 1 fully saturated rings. The number of benzene rings is 2. The molecule has 190 valence electrons. The van der Waals surface area contributed by atoms with Gasteiger partial charge in [0.05, 0.1) is 22.9 Å². The second kappa shape index (κ2) is 10.4. The van der Waals surface area contributed by atoms with E-state index in [9.17, 15) is 14.9 Å². The number of fused-ring (bicyclic) bond motifs is 1. The molecule has 5 rings (SSSR count). The highest BCUT2D eigenvalue weighted by Gasteiger charge is 2.23. The monoisotopic (exact) mass is 499 g/mol. The van der Waals surface area contributed by atoms with E-state index in [4.69, 9.17) is 9.72 Å². The van der Waals surface area contributed by atoms with Gasteiger partial charge in [-0.2, -0.15) is 0 Å². The van der Waals surface area contributed by atoms with Gasteiger partial charge in [0.15, 0.2) is 0 Å². The molecule has 0 aliphatic carbocycles. The molecule has 0 bridgehead atoms. The lowest BCUT2D eigenvalue weighted by Crippen LogP contribution is -2.47. The van der Waals surface area contributed by atoms with Crippen LogP contribution in [0.3, 0.4) is 0 Å². The second-order valence-electron chi connectivity index (χ2n) is 9.10. The fraction of sp³-hybridized carbons (Fsp3) is 0.286. The smallest absolute Gasteiger partial charge is 0.270 e. The first kappa shape index (κ1) is 24.5. The third-order valence-electron chi connectivity index (χ3n) is 6.72. The van der Waals surface area contributed by atoms with E-state index >= 15 is 0 Å². The summed E-state index contributed by atoms with van der Waals surface area (Å²) in [5.74, 6) is 0.900. The number of rotatable bonds is 7. The van der Waals surface area contributed by atoms with Gasteiger partial charge in [0.2, 0.25) is 5.91 Å². The lowest BCUT2D eigenvalue weighted by molar-refractivity contribution is -0.384. The zero-order valence-corrected chi connectivity index (χ0v) is 21.0. The van der Waals surface area contributed by atoms with E-state index in [1.165, 1.54) is 6.07 Å². The van der Waals surface area contributed by atoms with Crippen LogP contribution in [0.25, 0.3) is 28.0 Å². The minimum atomic E-state index is -0.385. The molecule has 1 aliphatic rings. The Morgan fingerprint density at radius 3 is 2.49 bits per heavy atom. The van der Waals surface area contributed by atoms with E-state index < -0.39 is 0 Å². The molecular weight excluding hydrogens is 470 g/mol. The van der Waals surface area contributed by atoms with E-state index in [1.54, 1.807) is 19.1 Å². The van der Waals surface area contributed by atoms with Crippen LogP contribution < -0.4 is 4.74 Å². The summed E-state index contributed by atoms with van der Waals surface area (Å²) in [4.78, 5) is 31.9. The van der Waals surface area contributed by atoms with Gasteiger partial charge in [0.1, 0.15) is 11.4 Å². The molecule has 0 N–H and O–H groups in total. The minimum absolute atomic E-state index is 0.0315. The van der Waals surface area contributed by atoms with Crippen molar-refractivity contribution < 1.29 is 14.5 Å². The van der Waals surface area contributed by atoms with Gasteiger partial charge in [0, 0.05) is 63.5 Å². The van der Waals surface area contributed by atoms with E-state index in [0.717, 1.165) is 47.0 Å². The first-order valence-electron chi connectivity index (χ1n) is 12.4. The molecule has 3 heterocycles. The lowest BCUT2D eigenvalue weighted by atomic mass is 10.1. The number of aromatic nitrogens is 2. The topological polar surface area (TPSA) is 93.2 Å². The number of carbonyl (C=O) groups is 1. The summed E-state index contributed by atoms with van der Waals surface area (Å²) >= 11 is 0. The predicted molar refractivity (Wildman–Crippen MR) is 141 cm³/mol. The first-order chi connectivity index (χ1) is 17.9. The molecule has 2 aromatic heterocycles. The Kier molecular flexibility index (Phi) is 6.87. The Morgan fingerprint density at radius 2 is 1.76 bits per heavy atom. The number of amides is 1. The average Bonchev–Trinajstić information content (AvgIpc) is 3.27. The molecule has 1 amide bonds. The van der Waals surface area contributed by atoms with Crippen LogP contribution in [-0.2, 0) is 11.3 Å². The van der Waals surface area contributed by atoms with Crippen molar-refractivity contribution in [3.05, 3.63) is 82.7 Å². The van der Waals surface area contributed by atoms with Crippen LogP contribution in [0.2, 0.25) is 0 Å². The summed E-state index contributed by atoms with van der Waals surface area (Å²) in [7, 11) is 0. The molecular formula is C28H29N5O4. The van der Waals surface area contributed by atoms with Crippen LogP contribution in [-0.4, -0.2) is 62.8 Å². The Bertz CT molecular complexity index is 1460. The molecule has 1 saturated heterocycles. The maximum absolute atomic E-state index is 11.8. The quantitative estimate of drug-likeness (QED) is 0.272. The third kappa shape index (κ3) is 5.17. The SMILES string of the molecule is CCOc1cccc(-c2ccc3nc(-c4cccc([N+](=O)[O-])c4)c(CN4CCN(C(C)=O)CC4)n3c2)c1. The summed E-state index contributed by atoms with van der Waals surface area (Å²) in [5.41, 5.74) is 5.22. The Morgan fingerprint density at radius 1 is 1.00 bits per heavy atom. The molecule has 9 heteroatoms. The number of non-ortho nitro benzene ring substituents is 1. The van der Waals surface area contributed by atoms with Crippen LogP contribution in [0, 0.1) is 10.1 Å². The van der Waals surface area contributed by atoms with Gasteiger partial charge < -0.3 is 14.0 Å². The summed E-state index contributed by atoms with van der Waals surface area (Å²) in [6.07, 6.45) is 2.06. The van der Waals surface area contributed by atoms with Crippen LogP contribution in [0.4, 0.5) is 5.69 Å². The van der Waals surface area contributed by atoms with Crippen molar-refractivity contribution in [2.45, 2.75) is 20.4 Å². The van der Waals surface area contributed by atoms with Crippen molar-refractivity contribution in [1.29, 1.82) is 0 Å². The highest BCUT2D eigenvalue weighted by atomic mass is 16.6. The molecule has 37 heavy (non-hydrogen) atoms. The van der Waals surface area contributed by atoms with Crippen molar-refractivity contribution in [3.8, 4) is 28.1 Å². The van der Waals surface area contributed by atoms with Crippen molar-refractivity contribution >= 4 is 17.2 Å². The molecule has 0 atom stereocenters. The molecule has 0 spiro atoms. The number of hydrogen-bond acceptors (Lipinski definition) is 6. The van der Waals surface area contributed by atoms with Gasteiger partial charge in [-0.1, -0.05) is 24.3 Å². The van der Waals surface area contributed by atoms with E-state index in [2.05, 4.69) is 15.5 Å². The number of hydrogen-bond donors (Lipinski definition) is 0. The van der Waals surface area contributed by atoms with Crippen LogP contribution in [0.1, 0.15) is 19.5 Å². The first-order valence-corrected chi connectivity index (χ1v) is 12.4. The molecule has 0 saturated carbocycles. The number of piperazine rings is 1. The maximum Gasteiger partial charge on any atom is 0.270 e. The fourth-order valence-corrected chi connectivity index (χ4v) is 4.78. The summed E-state index contributed by atoms with van der Waals surface area (Å²) in [6, 6.07) is 18.6. The molecule has 9 nitrogen and oxygen atoms in total. The lowest BCUT2D eigenvalue weighted by Gasteiger charge is -2.34. The van der Waals surface area contributed by atoms with Gasteiger partial charge in [-0.25, -0.2) is 4.98 Å².